The van der Waals surface area contributed by atoms with Gasteiger partial charge in [-0.1, -0.05) is 70.0 Å². The van der Waals surface area contributed by atoms with E-state index in [0.29, 0.717) is 22.9 Å². The van der Waals surface area contributed by atoms with Crippen LogP contribution >= 0.6 is 27.5 Å². The fourth-order valence-corrected chi connectivity index (χ4v) is 5.16. The molecule has 1 N–H and O–H groups in total. The van der Waals surface area contributed by atoms with Crippen molar-refractivity contribution in [1.82, 2.24) is 9.88 Å². The molecule has 0 bridgehead atoms. The van der Waals surface area contributed by atoms with E-state index in [1.165, 1.54) is 0 Å². The molecule has 3 atom stereocenters. The molecule has 0 saturated heterocycles. The lowest BCUT2D eigenvalue weighted by Gasteiger charge is -2.39. The fourth-order valence-electron chi connectivity index (χ4n) is 4.75. The standard InChI is InChI=1S/C22H17BrClNO2.C3H9N/c23-16-8-6-15(7-9-16)22-18(14-4-2-1-3-5-14)10-11-21(22,26)20-19(27-22)12-17(24)13-25-20;1-4(2)3/h1-9,12-13,18,26H,10-11H2;1-3H3. The Bertz CT molecular complexity index is 1060. The van der Waals surface area contributed by atoms with Gasteiger partial charge in [0.25, 0.3) is 0 Å². The van der Waals surface area contributed by atoms with Crippen molar-refractivity contribution in [2.45, 2.75) is 30.0 Å². The van der Waals surface area contributed by atoms with Crippen LogP contribution in [0.4, 0.5) is 0 Å². The van der Waals surface area contributed by atoms with Gasteiger partial charge >= 0.3 is 0 Å². The third-order valence-corrected chi connectivity index (χ3v) is 6.59. The number of nitrogens with zero attached hydrogens (tertiary/aromatic N) is 2. The van der Waals surface area contributed by atoms with E-state index in [2.05, 4.69) is 33.0 Å². The number of fused-ring (bicyclic) bond motifs is 3. The second-order valence-electron chi connectivity index (χ2n) is 8.55. The molecule has 1 saturated carbocycles. The van der Waals surface area contributed by atoms with Gasteiger partial charge < -0.3 is 14.7 Å². The first-order chi connectivity index (χ1) is 14.8. The van der Waals surface area contributed by atoms with E-state index in [0.717, 1.165) is 22.0 Å². The summed E-state index contributed by atoms with van der Waals surface area (Å²) in [4.78, 5) is 6.47. The van der Waals surface area contributed by atoms with Gasteiger partial charge in [-0.15, -0.1) is 0 Å². The highest BCUT2D eigenvalue weighted by atomic mass is 79.9. The Hall–Kier alpha value is -1.92. The minimum absolute atomic E-state index is 0.00199. The van der Waals surface area contributed by atoms with Crippen LogP contribution in [-0.4, -0.2) is 36.1 Å². The summed E-state index contributed by atoms with van der Waals surface area (Å²) < 4.78 is 7.57. The topological polar surface area (TPSA) is 45.6 Å². The number of hydrogen-bond acceptors (Lipinski definition) is 4. The van der Waals surface area contributed by atoms with E-state index < -0.39 is 11.2 Å². The van der Waals surface area contributed by atoms with Crippen LogP contribution in [-0.2, 0) is 11.2 Å². The van der Waals surface area contributed by atoms with E-state index in [4.69, 9.17) is 16.3 Å². The maximum Gasteiger partial charge on any atom is 0.175 e. The minimum Gasteiger partial charge on any atom is -0.476 e. The van der Waals surface area contributed by atoms with Crippen LogP contribution in [0.2, 0.25) is 5.02 Å². The quantitative estimate of drug-likeness (QED) is 0.487. The van der Waals surface area contributed by atoms with Crippen LogP contribution in [0.3, 0.4) is 0 Å². The Balaban J connectivity index is 0.000000535. The van der Waals surface area contributed by atoms with E-state index in [-0.39, 0.29) is 5.92 Å². The molecule has 3 unspecified atom stereocenters. The summed E-state index contributed by atoms with van der Waals surface area (Å²) in [6, 6.07) is 20.0. The second kappa shape index (κ2) is 8.55. The first-order valence-corrected chi connectivity index (χ1v) is 11.4. The molecular formula is C25H26BrClN2O2. The summed E-state index contributed by atoms with van der Waals surface area (Å²) >= 11 is 9.66. The van der Waals surface area contributed by atoms with E-state index in [1.807, 2.05) is 68.5 Å². The molecule has 2 aliphatic rings. The SMILES string of the molecule is CN(C)C.OC12CCC(c3ccccc3)C1(c1ccc(Br)cc1)Oc1cc(Cl)cnc12. The summed E-state index contributed by atoms with van der Waals surface area (Å²) in [5.74, 6) is 0.561. The van der Waals surface area contributed by atoms with Crippen molar-refractivity contribution >= 4 is 27.5 Å². The van der Waals surface area contributed by atoms with Crippen molar-refractivity contribution in [2.24, 2.45) is 0 Å². The molecule has 1 aromatic heterocycles. The van der Waals surface area contributed by atoms with Gasteiger partial charge in [0, 0.05) is 22.7 Å². The van der Waals surface area contributed by atoms with Gasteiger partial charge in [-0.3, -0.25) is 4.98 Å². The van der Waals surface area contributed by atoms with Gasteiger partial charge in [0.1, 0.15) is 11.4 Å². The third-order valence-electron chi connectivity index (χ3n) is 5.86. The van der Waals surface area contributed by atoms with Gasteiger partial charge in [-0.25, -0.2) is 0 Å². The summed E-state index contributed by atoms with van der Waals surface area (Å²) in [6.07, 6.45) is 2.96. The highest BCUT2D eigenvalue weighted by Gasteiger charge is 2.69. The summed E-state index contributed by atoms with van der Waals surface area (Å²) in [6.45, 7) is 0. The molecule has 5 rings (SSSR count). The Labute approximate surface area is 197 Å². The fraction of sp³-hybridized carbons (Fsp3) is 0.320. The molecule has 1 aliphatic carbocycles. The Morgan fingerprint density at radius 1 is 1.10 bits per heavy atom. The van der Waals surface area contributed by atoms with Crippen molar-refractivity contribution < 1.29 is 9.84 Å². The molecule has 1 fully saturated rings. The highest BCUT2D eigenvalue weighted by Crippen LogP contribution is 2.66. The molecule has 4 nitrogen and oxygen atoms in total. The van der Waals surface area contributed by atoms with Gasteiger partial charge in [-0.2, -0.15) is 0 Å². The van der Waals surface area contributed by atoms with Crippen molar-refractivity contribution in [1.29, 1.82) is 0 Å². The smallest absolute Gasteiger partial charge is 0.175 e. The van der Waals surface area contributed by atoms with Gasteiger partial charge in [0.2, 0.25) is 0 Å². The third kappa shape index (κ3) is 3.78. The zero-order valence-corrected chi connectivity index (χ0v) is 20.2. The van der Waals surface area contributed by atoms with E-state index >= 15 is 0 Å². The number of aromatic nitrogens is 1. The number of benzene rings is 2. The van der Waals surface area contributed by atoms with Crippen LogP contribution < -0.4 is 4.74 Å². The lowest BCUT2D eigenvalue weighted by Crippen LogP contribution is -2.48. The Morgan fingerprint density at radius 3 is 2.39 bits per heavy atom. The van der Waals surface area contributed by atoms with Crippen molar-refractivity contribution in [3.05, 3.63) is 93.2 Å². The lowest BCUT2D eigenvalue weighted by atomic mass is 9.73. The molecule has 0 spiro atoms. The number of pyridine rings is 1. The van der Waals surface area contributed by atoms with Crippen molar-refractivity contribution in [3.63, 3.8) is 0 Å². The Morgan fingerprint density at radius 2 is 1.74 bits per heavy atom. The maximum atomic E-state index is 11.9. The van der Waals surface area contributed by atoms with Crippen LogP contribution in [0.15, 0.2) is 71.3 Å². The zero-order valence-electron chi connectivity index (χ0n) is 17.8. The maximum absolute atomic E-state index is 11.9. The average Bonchev–Trinajstić information content (AvgIpc) is 3.15. The highest BCUT2D eigenvalue weighted by molar-refractivity contribution is 9.10. The second-order valence-corrected chi connectivity index (χ2v) is 9.90. The summed E-state index contributed by atoms with van der Waals surface area (Å²) in [5.41, 5.74) is 0.522. The van der Waals surface area contributed by atoms with Crippen molar-refractivity contribution in [2.75, 3.05) is 21.1 Å². The molecule has 6 heteroatoms. The number of rotatable bonds is 2. The van der Waals surface area contributed by atoms with E-state index in [9.17, 15) is 5.11 Å². The van der Waals surface area contributed by atoms with Crippen LogP contribution in [0.1, 0.15) is 35.6 Å². The average molecular weight is 502 g/mol. The van der Waals surface area contributed by atoms with Gasteiger partial charge in [0.15, 0.2) is 11.2 Å². The van der Waals surface area contributed by atoms with E-state index in [1.54, 1.807) is 12.3 Å². The molecule has 0 amide bonds. The van der Waals surface area contributed by atoms with Crippen LogP contribution in [0, 0.1) is 0 Å². The normalized spacial score (nSPS) is 26.0. The number of aliphatic hydroxyl groups is 1. The molecular weight excluding hydrogens is 476 g/mol. The van der Waals surface area contributed by atoms with Crippen molar-refractivity contribution in [3.8, 4) is 5.75 Å². The van der Waals surface area contributed by atoms with Gasteiger partial charge in [-0.05, 0) is 57.2 Å². The first-order valence-electron chi connectivity index (χ1n) is 10.3. The minimum atomic E-state index is -1.21. The monoisotopic (exact) mass is 500 g/mol. The summed E-state index contributed by atoms with van der Waals surface area (Å²) in [5, 5.41) is 12.4. The molecule has 1 aliphatic heterocycles. The molecule has 3 aromatic rings. The van der Waals surface area contributed by atoms with Gasteiger partial charge in [0.05, 0.1) is 5.02 Å². The molecule has 2 aromatic carbocycles. The first kappa shape index (κ1) is 22.3. The molecule has 31 heavy (non-hydrogen) atoms. The predicted molar refractivity (Wildman–Crippen MR) is 128 cm³/mol. The summed E-state index contributed by atoms with van der Waals surface area (Å²) in [7, 11) is 6.00. The van der Waals surface area contributed by atoms with Crippen LogP contribution in [0.5, 0.6) is 5.75 Å². The molecule has 0 radical (unpaired) electrons. The Kier molecular flexibility index (Phi) is 6.14. The number of ether oxygens (including phenoxy) is 1. The molecule has 162 valence electrons. The lowest BCUT2D eigenvalue weighted by molar-refractivity contribution is -0.107. The number of hydrogen-bond donors (Lipinski definition) is 1. The number of halogens is 2. The predicted octanol–water partition coefficient (Wildman–Crippen LogP) is 5.73. The largest absolute Gasteiger partial charge is 0.476 e. The molecule has 2 heterocycles. The van der Waals surface area contributed by atoms with Crippen LogP contribution in [0.25, 0.3) is 0 Å². The zero-order chi connectivity index (χ0) is 22.2.